The summed E-state index contributed by atoms with van der Waals surface area (Å²) < 4.78 is 9.87. The van der Waals surface area contributed by atoms with Gasteiger partial charge in [-0.15, -0.1) is 0 Å². The van der Waals surface area contributed by atoms with Crippen LogP contribution in [0.4, 0.5) is 0 Å². The van der Waals surface area contributed by atoms with E-state index in [2.05, 4.69) is 198 Å². The monoisotopic (exact) mass is 740 g/mol. The van der Waals surface area contributed by atoms with Gasteiger partial charge in [-0.2, -0.15) is 0 Å². The van der Waals surface area contributed by atoms with Crippen LogP contribution in [0, 0.1) is 0 Å². The molecule has 0 unspecified atom stereocenters. The van der Waals surface area contributed by atoms with Gasteiger partial charge in [-0.05, 0) is 60.7 Å². The zero-order valence-electron chi connectivity index (χ0n) is 31.2. The molecule has 0 aliphatic heterocycles. The molecule has 58 heavy (non-hydrogen) atoms. The molecule has 6 aromatic heterocycles. The predicted molar refractivity (Wildman–Crippen MR) is 239 cm³/mol. The van der Waals surface area contributed by atoms with E-state index in [1.807, 2.05) is 24.8 Å². The first kappa shape index (κ1) is 31.3. The molecule has 0 radical (unpaired) electrons. The fourth-order valence-corrected chi connectivity index (χ4v) is 9.80. The Morgan fingerprint density at radius 1 is 0.276 bits per heavy atom. The molecule has 0 bridgehead atoms. The molecule has 6 heterocycles. The number of fused-ring (bicyclic) bond motifs is 12. The van der Waals surface area contributed by atoms with Crippen molar-refractivity contribution < 1.29 is 0 Å². The lowest BCUT2D eigenvalue weighted by Crippen LogP contribution is -2.11. The van der Waals surface area contributed by atoms with Crippen molar-refractivity contribution in [3.8, 4) is 22.7 Å². The van der Waals surface area contributed by atoms with Crippen LogP contribution in [0.25, 0.3) is 110 Å². The maximum absolute atomic E-state index is 4.58. The van der Waals surface area contributed by atoms with Crippen LogP contribution in [0.5, 0.6) is 0 Å². The van der Waals surface area contributed by atoms with Crippen LogP contribution in [-0.4, -0.2) is 28.2 Å². The summed E-state index contributed by atoms with van der Waals surface area (Å²) >= 11 is 0. The number of hydrogen-bond acceptors (Lipinski definition) is 2. The Morgan fingerprint density at radius 2 is 0.569 bits per heavy atom. The van der Waals surface area contributed by atoms with Crippen molar-refractivity contribution in [3.63, 3.8) is 0 Å². The van der Waals surface area contributed by atoms with Gasteiger partial charge in [-0.25, -0.2) is 0 Å². The van der Waals surface area contributed by atoms with Crippen LogP contribution < -0.4 is 0 Å². The van der Waals surface area contributed by atoms with E-state index in [0.29, 0.717) is 0 Å². The lowest BCUT2D eigenvalue weighted by Gasteiger charge is -2.24. The van der Waals surface area contributed by atoms with Crippen molar-refractivity contribution in [1.82, 2.24) is 28.2 Å². The topological polar surface area (TPSA) is 45.5 Å². The van der Waals surface area contributed by atoms with Gasteiger partial charge in [0.1, 0.15) is 0 Å². The largest absolute Gasteiger partial charge is 0.309 e. The molecule has 0 saturated heterocycles. The Morgan fingerprint density at radius 3 is 0.914 bits per heavy atom. The van der Waals surface area contributed by atoms with Crippen molar-refractivity contribution in [2.75, 3.05) is 0 Å². The molecule has 270 valence electrons. The minimum Gasteiger partial charge on any atom is -0.309 e. The number of pyridine rings is 2. The summed E-state index contributed by atoms with van der Waals surface area (Å²) in [4.78, 5) is 9.15. The highest BCUT2D eigenvalue weighted by Gasteiger charge is 2.27. The van der Waals surface area contributed by atoms with E-state index in [1.165, 1.54) is 32.3 Å². The van der Waals surface area contributed by atoms with Crippen molar-refractivity contribution in [2.45, 2.75) is 0 Å². The summed E-state index contributed by atoms with van der Waals surface area (Å²) in [5.41, 5.74) is 13.3. The minimum absolute atomic E-state index is 1.04. The molecule has 0 amide bonds. The van der Waals surface area contributed by atoms with Crippen molar-refractivity contribution in [1.29, 1.82) is 0 Å². The Hall–Kier alpha value is -7.96. The SMILES string of the molecule is c1ccc2c(c1)c1ccccc1n2-c1cc(-n2c3ccncc3c3cnccc32)cc(-n2c3ccccc3c3ccccc32)c1-n1c2ccccc2c2ccccc21. The standard InChI is InChI=1S/C52H32N6/c1-7-19-42-34(13-1)35-14-2-8-20-43(35)56(42)50-29-33(55-48-25-27-53-31-40(48)41-32-54-28-26-49(41)55)30-51(57-44-21-9-3-15-36(44)37-16-4-10-22-45(37)57)52(50)58-46-23-11-5-17-38(46)39-18-6-12-24-47(39)58/h1-32H. The van der Waals surface area contributed by atoms with Gasteiger partial charge in [0, 0.05) is 67.9 Å². The van der Waals surface area contributed by atoms with Gasteiger partial charge in [-0.1, -0.05) is 109 Å². The smallest absolute Gasteiger partial charge is 0.0948 e. The summed E-state index contributed by atoms with van der Waals surface area (Å²) in [6, 6.07) is 61.9. The Bertz CT molecular complexity index is 3470. The number of aromatic nitrogens is 6. The van der Waals surface area contributed by atoms with Crippen LogP contribution in [0.2, 0.25) is 0 Å². The molecule has 0 atom stereocenters. The van der Waals surface area contributed by atoms with E-state index in [0.717, 1.165) is 77.7 Å². The second-order valence-electron chi connectivity index (χ2n) is 15.1. The molecule has 0 aliphatic carbocycles. The Balaban J connectivity index is 1.32. The predicted octanol–water partition coefficient (Wildman–Crippen LogP) is 12.9. The van der Waals surface area contributed by atoms with Gasteiger partial charge >= 0.3 is 0 Å². The van der Waals surface area contributed by atoms with Gasteiger partial charge in [0.15, 0.2) is 0 Å². The molecule has 13 aromatic rings. The molecule has 0 saturated carbocycles. The summed E-state index contributed by atoms with van der Waals surface area (Å²) in [7, 11) is 0. The first-order valence-electron chi connectivity index (χ1n) is 19.7. The Kier molecular flexibility index (Phi) is 6.35. The summed E-state index contributed by atoms with van der Waals surface area (Å²) in [5.74, 6) is 0. The normalized spacial score (nSPS) is 12.1. The third-order valence-corrected chi connectivity index (χ3v) is 12.1. The highest BCUT2D eigenvalue weighted by molar-refractivity contribution is 6.14. The Labute approximate surface area is 331 Å². The third kappa shape index (κ3) is 4.15. The fraction of sp³-hybridized carbons (Fsp3) is 0. The quantitative estimate of drug-likeness (QED) is 0.180. The summed E-state index contributed by atoms with van der Waals surface area (Å²) in [5, 5.41) is 9.40. The van der Waals surface area contributed by atoms with Crippen LogP contribution in [0.15, 0.2) is 195 Å². The van der Waals surface area contributed by atoms with Crippen molar-refractivity contribution in [3.05, 3.63) is 195 Å². The number of benzene rings is 7. The van der Waals surface area contributed by atoms with E-state index in [1.54, 1.807) is 0 Å². The molecule has 0 aliphatic rings. The fourth-order valence-electron chi connectivity index (χ4n) is 9.80. The van der Waals surface area contributed by atoms with Gasteiger partial charge in [0.25, 0.3) is 0 Å². The minimum atomic E-state index is 1.04. The highest BCUT2D eigenvalue weighted by atomic mass is 15.1. The lowest BCUT2D eigenvalue weighted by atomic mass is 10.1. The maximum atomic E-state index is 4.58. The molecule has 7 aromatic carbocycles. The second kappa shape index (κ2) is 11.8. The number of hydrogen-bond donors (Lipinski definition) is 0. The molecule has 13 rings (SSSR count). The van der Waals surface area contributed by atoms with Gasteiger partial charge < -0.3 is 18.3 Å². The van der Waals surface area contributed by atoms with Gasteiger partial charge in [0.05, 0.1) is 66.9 Å². The summed E-state index contributed by atoms with van der Waals surface area (Å²) in [6.07, 6.45) is 7.70. The third-order valence-electron chi connectivity index (χ3n) is 12.1. The van der Waals surface area contributed by atoms with Crippen LogP contribution in [-0.2, 0) is 0 Å². The van der Waals surface area contributed by atoms with E-state index in [9.17, 15) is 0 Å². The van der Waals surface area contributed by atoms with E-state index in [-0.39, 0.29) is 0 Å². The first-order chi connectivity index (χ1) is 28.8. The van der Waals surface area contributed by atoms with Gasteiger partial charge in [0.2, 0.25) is 0 Å². The average Bonchev–Trinajstić information content (AvgIpc) is 4.01. The molecule has 0 N–H and O–H groups in total. The van der Waals surface area contributed by atoms with Crippen molar-refractivity contribution >= 4 is 87.2 Å². The molecule has 0 fully saturated rings. The number of rotatable bonds is 4. The number of para-hydroxylation sites is 6. The molecular formula is C52H32N6. The van der Waals surface area contributed by atoms with E-state index >= 15 is 0 Å². The van der Waals surface area contributed by atoms with Gasteiger partial charge in [-0.3, -0.25) is 9.97 Å². The number of nitrogens with zero attached hydrogens (tertiary/aromatic N) is 6. The van der Waals surface area contributed by atoms with Crippen LogP contribution in [0.1, 0.15) is 0 Å². The molecule has 6 nitrogen and oxygen atoms in total. The first-order valence-corrected chi connectivity index (χ1v) is 19.7. The highest BCUT2D eigenvalue weighted by Crippen LogP contribution is 2.45. The maximum Gasteiger partial charge on any atom is 0.0948 e. The van der Waals surface area contributed by atoms with Crippen molar-refractivity contribution in [2.24, 2.45) is 0 Å². The summed E-state index contributed by atoms with van der Waals surface area (Å²) in [6.45, 7) is 0. The lowest BCUT2D eigenvalue weighted by molar-refractivity contribution is 1.03. The molecule has 6 heteroatoms. The molecule has 0 spiro atoms. The van der Waals surface area contributed by atoms with Crippen LogP contribution >= 0.6 is 0 Å². The zero-order valence-corrected chi connectivity index (χ0v) is 31.2. The van der Waals surface area contributed by atoms with Crippen LogP contribution in [0.3, 0.4) is 0 Å². The molecular weight excluding hydrogens is 709 g/mol. The van der Waals surface area contributed by atoms with E-state index in [4.69, 9.17) is 0 Å². The average molecular weight is 741 g/mol. The second-order valence-corrected chi connectivity index (χ2v) is 15.1. The van der Waals surface area contributed by atoms with E-state index < -0.39 is 0 Å². The zero-order chi connectivity index (χ0) is 37.9.